The number of anilines is 1. The molecule has 2 heterocycles. The molecule has 0 radical (unpaired) electrons. The van der Waals surface area contributed by atoms with Gasteiger partial charge in [-0.2, -0.15) is 0 Å². The molecule has 3 aromatic rings. The van der Waals surface area contributed by atoms with E-state index in [9.17, 15) is 9.59 Å². The maximum absolute atomic E-state index is 12.3. The Hall–Kier alpha value is -3.15. The van der Waals surface area contributed by atoms with E-state index in [1.54, 1.807) is 12.3 Å². The minimum atomic E-state index is -0.138. The van der Waals surface area contributed by atoms with E-state index < -0.39 is 0 Å². The molecule has 6 heteroatoms. The number of pyridine rings is 1. The molecule has 0 saturated carbocycles. The molecule has 0 unspecified atom stereocenters. The van der Waals surface area contributed by atoms with Crippen LogP contribution >= 0.6 is 0 Å². The molecular weight excluding hydrogens is 354 g/mol. The fourth-order valence-electron chi connectivity index (χ4n) is 2.93. The third kappa shape index (κ3) is 4.57. The van der Waals surface area contributed by atoms with Gasteiger partial charge in [-0.25, -0.2) is 4.98 Å². The fourth-order valence-corrected chi connectivity index (χ4v) is 2.93. The van der Waals surface area contributed by atoms with Crippen molar-refractivity contribution in [2.45, 2.75) is 46.6 Å². The van der Waals surface area contributed by atoms with Crippen LogP contribution in [0.25, 0.3) is 5.65 Å². The second-order valence-electron chi connectivity index (χ2n) is 6.89. The minimum Gasteiger partial charge on any atom is -0.487 e. The largest absolute Gasteiger partial charge is 0.487 e. The molecule has 1 N–H and O–H groups in total. The zero-order valence-corrected chi connectivity index (χ0v) is 16.5. The average molecular weight is 379 g/mol. The van der Waals surface area contributed by atoms with Gasteiger partial charge in [0.25, 0.3) is 5.56 Å². The van der Waals surface area contributed by atoms with E-state index in [2.05, 4.69) is 17.2 Å². The van der Waals surface area contributed by atoms with Crippen LogP contribution in [0.1, 0.15) is 43.0 Å². The van der Waals surface area contributed by atoms with Gasteiger partial charge in [0, 0.05) is 30.4 Å². The van der Waals surface area contributed by atoms with Crippen LogP contribution in [-0.4, -0.2) is 15.3 Å². The smallest absolute Gasteiger partial charge is 0.258 e. The van der Waals surface area contributed by atoms with Gasteiger partial charge in [-0.05, 0) is 43.5 Å². The second-order valence-corrected chi connectivity index (χ2v) is 6.89. The van der Waals surface area contributed by atoms with Gasteiger partial charge < -0.3 is 10.1 Å². The molecule has 0 atom stereocenters. The first-order chi connectivity index (χ1) is 13.5. The normalized spacial score (nSPS) is 10.8. The van der Waals surface area contributed by atoms with Crippen molar-refractivity contribution in [1.29, 1.82) is 0 Å². The van der Waals surface area contributed by atoms with Crippen molar-refractivity contribution >= 4 is 17.2 Å². The fraction of sp³-hybridized carbons (Fsp3) is 0.318. The highest BCUT2D eigenvalue weighted by Crippen LogP contribution is 2.24. The number of rotatable bonds is 7. The predicted octanol–water partition coefficient (Wildman–Crippen LogP) is 4.02. The Bertz CT molecular complexity index is 1060. The number of aryl methyl sites for hydroxylation is 2. The number of aromatic nitrogens is 2. The molecule has 2 aromatic heterocycles. The SMILES string of the molecule is CCCCC(=O)Nc1ccc(C)c(OCc2cc(=O)n3cccc(C)c3n2)c1. The van der Waals surface area contributed by atoms with E-state index >= 15 is 0 Å². The summed E-state index contributed by atoms with van der Waals surface area (Å²) < 4.78 is 7.43. The monoisotopic (exact) mass is 379 g/mol. The van der Waals surface area contributed by atoms with Gasteiger partial charge >= 0.3 is 0 Å². The molecule has 0 aliphatic heterocycles. The molecule has 3 rings (SSSR count). The molecule has 0 saturated heterocycles. The highest BCUT2D eigenvalue weighted by atomic mass is 16.5. The zero-order valence-electron chi connectivity index (χ0n) is 16.5. The van der Waals surface area contributed by atoms with E-state index in [0.717, 1.165) is 24.0 Å². The summed E-state index contributed by atoms with van der Waals surface area (Å²) in [6.45, 7) is 6.08. The number of nitrogens with zero attached hydrogens (tertiary/aromatic N) is 2. The Morgan fingerprint density at radius 1 is 1.18 bits per heavy atom. The van der Waals surface area contributed by atoms with E-state index in [0.29, 0.717) is 29.2 Å². The standard InChI is InChI=1S/C22H25N3O3/c1-4-5-8-20(26)23-17-10-9-15(2)19(12-17)28-14-18-13-21(27)25-11-6-7-16(3)22(25)24-18/h6-7,9-13H,4-5,8,14H2,1-3H3,(H,23,26). The lowest BCUT2D eigenvalue weighted by Gasteiger charge is -2.12. The second kappa shape index (κ2) is 8.69. The molecule has 0 fully saturated rings. The molecule has 0 spiro atoms. The summed E-state index contributed by atoms with van der Waals surface area (Å²) in [5.74, 6) is 0.649. The van der Waals surface area contributed by atoms with Crippen molar-refractivity contribution in [3.05, 3.63) is 69.8 Å². The maximum Gasteiger partial charge on any atom is 0.258 e. The number of benzene rings is 1. The number of carbonyl (C=O) groups excluding carboxylic acids is 1. The summed E-state index contributed by atoms with van der Waals surface area (Å²) in [6.07, 6.45) is 4.06. The van der Waals surface area contributed by atoms with Crippen molar-refractivity contribution in [3.63, 3.8) is 0 Å². The molecule has 146 valence electrons. The van der Waals surface area contributed by atoms with Gasteiger partial charge in [-0.15, -0.1) is 0 Å². The molecule has 28 heavy (non-hydrogen) atoms. The van der Waals surface area contributed by atoms with Crippen LogP contribution in [0, 0.1) is 13.8 Å². The molecule has 1 aromatic carbocycles. The molecule has 0 bridgehead atoms. The van der Waals surface area contributed by atoms with E-state index in [-0.39, 0.29) is 18.1 Å². The van der Waals surface area contributed by atoms with Gasteiger partial charge in [0.15, 0.2) is 0 Å². The van der Waals surface area contributed by atoms with Gasteiger partial charge in [-0.3, -0.25) is 14.0 Å². The maximum atomic E-state index is 12.3. The van der Waals surface area contributed by atoms with Crippen LogP contribution in [0.15, 0.2) is 47.4 Å². The van der Waals surface area contributed by atoms with Gasteiger partial charge in [-0.1, -0.05) is 25.5 Å². The predicted molar refractivity (Wildman–Crippen MR) is 110 cm³/mol. The van der Waals surface area contributed by atoms with E-state index in [4.69, 9.17) is 4.74 Å². The molecule has 6 nitrogen and oxygen atoms in total. The number of carbonyl (C=O) groups is 1. The van der Waals surface area contributed by atoms with E-state index in [1.165, 1.54) is 10.5 Å². The Balaban J connectivity index is 1.76. The highest BCUT2D eigenvalue weighted by Gasteiger charge is 2.08. The summed E-state index contributed by atoms with van der Waals surface area (Å²) in [5.41, 5.74) is 3.62. The molecule has 1 amide bonds. The summed E-state index contributed by atoms with van der Waals surface area (Å²) in [7, 11) is 0. The van der Waals surface area contributed by atoms with Crippen molar-refractivity contribution < 1.29 is 9.53 Å². The molecule has 0 aliphatic rings. The van der Waals surface area contributed by atoms with E-state index in [1.807, 2.05) is 38.1 Å². The van der Waals surface area contributed by atoms with Crippen LogP contribution in [0.3, 0.4) is 0 Å². The summed E-state index contributed by atoms with van der Waals surface area (Å²) in [6, 6.07) is 10.8. The lowest BCUT2D eigenvalue weighted by molar-refractivity contribution is -0.116. The third-order valence-corrected chi connectivity index (χ3v) is 4.54. The number of hydrogen-bond acceptors (Lipinski definition) is 4. The van der Waals surface area contributed by atoms with Crippen LogP contribution in [-0.2, 0) is 11.4 Å². The first-order valence-corrected chi connectivity index (χ1v) is 9.49. The van der Waals surface area contributed by atoms with Gasteiger partial charge in [0.2, 0.25) is 5.91 Å². The number of ether oxygens (including phenoxy) is 1. The highest BCUT2D eigenvalue weighted by molar-refractivity contribution is 5.90. The Kier molecular flexibility index (Phi) is 6.09. The van der Waals surface area contributed by atoms with Crippen molar-refractivity contribution in [2.75, 3.05) is 5.32 Å². The quantitative estimate of drug-likeness (QED) is 0.673. The minimum absolute atomic E-state index is 0.00338. The number of fused-ring (bicyclic) bond motifs is 1. The van der Waals surface area contributed by atoms with Crippen LogP contribution in [0.4, 0.5) is 5.69 Å². The number of amides is 1. The van der Waals surface area contributed by atoms with Gasteiger partial charge in [0.1, 0.15) is 18.0 Å². The zero-order chi connectivity index (χ0) is 20.1. The average Bonchev–Trinajstić information content (AvgIpc) is 2.67. The van der Waals surface area contributed by atoms with Crippen LogP contribution < -0.4 is 15.6 Å². The number of nitrogens with one attached hydrogen (secondary N) is 1. The summed E-state index contributed by atoms with van der Waals surface area (Å²) in [5, 5.41) is 2.90. The third-order valence-electron chi connectivity index (χ3n) is 4.54. The van der Waals surface area contributed by atoms with Crippen molar-refractivity contribution in [1.82, 2.24) is 9.38 Å². The van der Waals surface area contributed by atoms with Crippen molar-refractivity contribution in [3.8, 4) is 5.75 Å². The first kappa shape index (κ1) is 19.6. The summed E-state index contributed by atoms with van der Waals surface area (Å²) >= 11 is 0. The van der Waals surface area contributed by atoms with Gasteiger partial charge in [0.05, 0.1) is 5.69 Å². The molecular formula is C22H25N3O3. The lowest BCUT2D eigenvalue weighted by atomic mass is 10.2. The number of hydrogen-bond donors (Lipinski definition) is 1. The Labute approximate surface area is 164 Å². The topological polar surface area (TPSA) is 72.7 Å². The van der Waals surface area contributed by atoms with Crippen LogP contribution in [0.2, 0.25) is 0 Å². The summed E-state index contributed by atoms with van der Waals surface area (Å²) in [4.78, 5) is 28.8. The van der Waals surface area contributed by atoms with Crippen LogP contribution in [0.5, 0.6) is 5.75 Å². The molecule has 0 aliphatic carbocycles. The number of unbranched alkanes of at least 4 members (excludes halogenated alkanes) is 1. The lowest BCUT2D eigenvalue weighted by Crippen LogP contribution is -2.17. The Morgan fingerprint density at radius 2 is 2.00 bits per heavy atom. The first-order valence-electron chi connectivity index (χ1n) is 9.49. The van der Waals surface area contributed by atoms with Crippen molar-refractivity contribution in [2.24, 2.45) is 0 Å². The Morgan fingerprint density at radius 3 is 2.79 bits per heavy atom.